The van der Waals surface area contributed by atoms with Gasteiger partial charge >= 0.3 is 5.97 Å². The third-order valence-electron chi connectivity index (χ3n) is 14.3. The summed E-state index contributed by atoms with van der Waals surface area (Å²) in [7, 11) is 0. The van der Waals surface area contributed by atoms with E-state index in [-0.39, 0.29) is 18.5 Å². The second kappa shape index (κ2) is 57.2. The predicted molar refractivity (Wildman–Crippen MR) is 292 cm³/mol. The van der Waals surface area contributed by atoms with Gasteiger partial charge in [-0.15, -0.1) is 0 Å². The number of hydrogen-bond donors (Lipinski definition) is 3. The van der Waals surface area contributed by atoms with Gasteiger partial charge in [0.2, 0.25) is 5.91 Å². The molecule has 0 heterocycles. The molecule has 2 atom stereocenters. The summed E-state index contributed by atoms with van der Waals surface area (Å²) in [6.45, 7) is 4.97. The number of amides is 1. The average molecular weight is 947 g/mol. The molecule has 0 saturated carbocycles. The van der Waals surface area contributed by atoms with E-state index >= 15 is 0 Å². The van der Waals surface area contributed by atoms with Crippen molar-refractivity contribution in [1.29, 1.82) is 0 Å². The molecule has 0 aliphatic carbocycles. The fourth-order valence-electron chi connectivity index (χ4n) is 9.64. The van der Waals surface area contributed by atoms with E-state index in [2.05, 4.69) is 31.3 Å². The van der Waals surface area contributed by atoms with Crippen LogP contribution in [0.2, 0.25) is 0 Å². The number of carbonyl (C=O) groups excluding carboxylic acids is 2. The summed E-state index contributed by atoms with van der Waals surface area (Å²) >= 11 is 0. The van der Waals surface area contributed by atoms with Crippen molar-refractivity contribution in [2.24, 2.45) is 0 Å². The van der Waals surface area contributed by atoms with E-state index in [1.807, 2.05) is 0 Å². The zero-order valence-corrected chi connectivity index (χ0v) is 45.4. The third kappa shape index (κ3) is 53.8. The molecule has 6 heteroatoms. The Balaban J connectivity index is 3.42. The van der Waals surface area contributed by atoms with Gasteiger partial charge in [0.1, 0.15) is 0 Å². The largest absolute Gasteiger partial charge is 0.466 e. The molecule has 2 unspecified atom stereocenters. The number of rotatable bonds is 57. The first-order chi connectivity index (χ1) is 33.0. The summed E-state index contributed by atoms with van der Waals surface area (Å²) in [5.41, 5.74) is 0. The Labute approximate surface area is 419 Å². The first kappa shape index (κ1) is 65.6. The number of esters is 1. The van der Waals surface area contributed by atoms with Crippen LogP contribution in [0.1, 0.15) is 341 Å². The lowest BCUT2D eigenvalue weighted by Crippen LogP contribution is -2.45. The summed E-state index contributed by atoms with van der Waals surface area (Å²) < 4.78 is 5.47. The lowest BCUT2D eigenvalue weighted by Gasteiger charge is -2.22. The lowest BCUT2D eigenvalue weighted by molar-refractivity contribution is -0.143. The number of unbranched alkanes of at least 4 members (excludes halogenated alkanes) is 44. The van der Waals surface area contributed by atoms with Crippen molar-refractivity contribution in [3.63, 3.8) is 0 Å². The van der Waals surface area contributed by atoms with Gasteiger partial charge in [0.25, 0.3) is 0 Å². The van der Waals surface area contributed by atoms with Gasteiger partial charge in [-0.05, 0) is 51.4 Å². The predicted octanol–water partition coefficient (Wildman–Crippen LogP) is 18.9. The molecule has 0 aliphatic heterocycles. The molecule has 398 valence electrons. The monoisotopic (exact) mass is 946 g/mol. The van der Waals surface area contributed by atoms with Crippen LogP contribution in [0.5, 0.6) is 0 Å². The lowest BCUT2D eigenvalue weighted by atomic mass is 10.0. The van der Waals surface area contributed by atoms with Gasteiger partial charge in [0, 0.05) is 12.8 Å². The van der Waals surface area contributed by atoms with Gasteiger partial charge < -0.3 is 20.3 Å². The van der Waals surface area contributed by atoms with Gasteiger partial charge in [-0.25, -0.2) is 0 Å². The van der Waals surface area contributed by atoms with E-state index in [1.165, 1.54) is 270 Å². The Kier molecular flexibility index (Phi) is 56.0. The molecule has 3 N–H and O–H groups in total. The zero-order valence-electron chi connectivity index (χ0n) is 45.4. The molecule has 1 amide bonds. The number of allylic oxidation sites excluding steroid dienone is 2. The molecule has 0 radical (unpaired) electrons. The van der Waals surface area contributed by atoms with Crippen molar-refractivity contribution in [3.8, 4) is 0 Å². The highest BCUT2D eigenvalue weighted by molar-refractivity contribution is 5.76. The standard InChI is InChI=1S/C61H119NO5/c1-3-5-7-9-11-13-15-17-18-23-26-30-33-37-41-45-49-53-59(64)58(57-63)62-60(65)54-50-46-42-38-34-31-27-24-21-19-20-22-25-28-32-36-40-44-48-52-56-67-61(66)55-51-47-43-39-35-29-16-14-12-10-8-6-4-2/h19,21,58-59,63-64H,3-18,20,22-57H2,1-2H3,(H,62,65)/b21-19-. The fourth-order valence-corrected chi connectivity index (χ4v) is 9.64. The van der Waals surface area contributed by atoms with E-state index in [9.17, 15) is 19.8 Å². The summed E-state index contributed by atoms with van der Waals surface area (Å²) in [6, 6.07) is -0.547. The molecule has 6 nitrogen and oxygen atoms in total. The first-order valence-corrected chi connectivity index (χ1v) is 30.4. The Morgan fingerprint density at radius 1 is 0.403 bits per heavy atom. The molecular weight excluding hydrogens is 827 g/mol. The quantitative estimate of drug-likeness (QED) is 0.0321. The summed E-state index contributed by atoms with van der Waals surface area (Å²) in [4.78, 5) is 24.5. The zero-order chi connectivity index (χ0) is 48.6. The average Bonchev–Trinajstić information content (AvgIpc) is 3.33. The van der Waals surface area contributed by atoms with Crippen LogP contribution in [0.3, 0.4) is 0 Å². The Bertz CT molecular complexity index is 1000. The van der Waals surface area contributed by atoms with Crippen LogP contribution in [0.4, 0.5) is 0 Å². The molecule has 0 aliphatic rings. The van der Waals surface area contributed by atoms with Crippen LogP contribution in [0.25, 0.3) is 0 Å². The van der Waals surface area contributed by atoms with E-state index in [0.29, 0.717) is 25.9 Å². The van der Waals surface area contributed by atoms with Crippen molar-refractivity contribution < 1.29 is 24.5 Å². The SMILES string of the molecule is CCCCCCCCCCCCCCCCCCCC(O)C(CO)NC(=O)CCCCCCCCC/C=C\CCCCCCCCCCCOC(=O)CCCCCCCCCCCCCCC. The number of ether oxygens (including phenoxy) is 1. The highest BCUT2D eigenvalue weighted by Crippen LogP contribution is 2.18. The minimum absolute atomic E-state index is 0.00847. The van der Waals surface area contributed by atoms with Gasteiger partial charge in [-0.2, -0.15) is 0 Å². The molecule has 67 heavy (non-hydrogen) atoms. The molecule has 0 aromatic carbocycles. The normalized spacial score (nSPS) is 12.6. The van der Waals surface area contributed by atoms with Crippen LogP contribution in [-0.4, -0.2) is 47.4 Å². The number of nitrogens with one attached hydrogen (secondary N) is 1. The van der Waals surface area contributed by atoms with Crippen LogP contribution in [-0.2, 0) is 14.3 Å². The molecule has 0 saturated heterocycles. The van der Waals surface area contributed by atoms with Crippen molar-refractivity contribution in [2.75, 3.05) is 13.2 Å². The highest BCUT2D eigenvalue weighted by Gasteiger charge is 2.20. The number of aliphatic hydroxyl groups excluding tert-OH is 2. The van der Waals surface area contributed by atoms with E-state index in [0.717, 1.165) is 38.5 Å². The summed E-state index contributed by atoms with van der Waals surface area (Å²) in [5.74, 6) is -0.0322. The smallest absolute Gasteiger partial charge is 0.305 e. The van der Waals surface area contributed by atoms with E-state index in [1.54, 1.807) is 0 Å². The van der Waals surface area contributed by atoms with Crippen LogP contribution in [0, 0.1) is 0 Å². The fraction of sp³-hybridized carbons (Fsp3) is 0.934. The maximum absolute atomic E-state index is 12.5. The van der Waals surface area contributed by atoms with Crippen LogP contribution < -0.4 is 5.32 Å². The van der Waals surface area contributed by atoms with Crippen molar-refractivity contribution in [2.45, 2.75) is 353 Å². The first-order valence-electron chi connectivity index (χ1n) is 30.4. The maximum atomic E-state index is 12.5. The van der Waals surface area contributed by atoms with Gasteiger partial charge in [0.15, 0.2) is 0 Å². The maximum Gasteiger partial charge on any atom is 0.305 e. The number of hydrogen-bond acceptors (Lipinski definition) is 5. The van der Waals surface area contributed by atoms with Gasteiger partial charge in [0.05, 0.1) is 25.4 Å². The van der Waals surface area contributed by atoms with E-state index in [4.69, 9.17) is 4.74 Å². The van der Waals surface area contributed by atoms with Gasteiger partial charge in [-0.3, -0.25) is 9.59 Å². The summed E-state index contributed by atoms with van der Waals surface area (Å²) in [5, 5.41) is 23.3. The minimum Gasteiger partial charge on any atom is -0.466 e. The van der Waals surface area contributed by atoms with Crippen molar-refractivity contribution >= 4 is 11.9 Å². The van der Waals surface area contributed by atoms with Crippen LogP contribution in [0.15, 0.2) is 12.2 Å². The highest BCUT2D eigenvalue weighted by atomic mass is 16.5. The van der Waals surface area contributed by atoms with Crippen molar-refractivity contribution in [1.82, 2.24) is 5.32 Å². The second-order valence-electron chi connectivity index (χ2n) is 21.0. The van der Waals surface area contributed by atoms with Gasteiger partial charge in [-0.1, -0.05) is 289 Å². The Hall–Kier alpha value is -1.40. The Morgan fingerprint density at radius 3 is 1.06 bits per heavy atom. The van der Waals surface area contributed by atoms with E-state index < -0.39 is 12.1 Å². The molecule has 0 fully saturated rings. The molecule has 0 aromatic rings. The topological polar surface area (TPSA) is 95.9 Å². The third-order valence-corrected chi connectivity index (χ3v) is 14.3. The second-order valence-corrected chi connectivity index (χ2v) is 21.0. The molecule has 0 spiro atoms. The van der Waals surface area contributed by atoms with Crippen molar-refractivity contribution in [3.05, 3.63) is 12.2 Å². The minimum atomic E-state index is -0.669. The summed E-state index contributed by atoms with van der Waals surface area (Å²) in [6.07, 6.45) is 67.8. The molecule has 0 rings (SSSR count). The molecule has 0 aromatic heterocycles. The van der Waals surface area contributed by atoms with Crippen LogP contribution >= 0.6 is 0 Å². The number of aliphatic hydroxyl groups is 2. The molecule has 0 bridgehead atoms. The number of carbonyl (C=O) groups is 2. The molecular formula is C61H119NO5. The Morgan fingerprint density at radius 2 is 0.701 bits per heavy atom.